The summed E-state index contributed by atoms with van der Waals surface area (Å²) in [5.74, 6) is -1.16. The van der Waals surface area contributed by atoms with Crippen LogP contribution in [-0.4, -0.2) is 18.5 Å². The van der Waals surface area contributed by atoms with E-state index in [1.165, 1.54) is 12.1 Å². The number of benzene rings is 2. The van der Waals surface area contributed by atoms with Gasteiger partial charge in [-0.15, -0.1) is 0 Å². The van der Waals surface area contributed by atoms with Crippen molar-refractivity contribution in [3.05, 3.63) is 63.6 Å². The molecule has 24 heavy (non-hydrogen) atoms. The van der Waals surface area contributed by atoms with Gasteiger partial charge in [-0.3, -0.25) is 4.79 Å². The van der Waals surface area contributed by atoms with Crippen LogP contribution in [0.25, 0.3) is 0 Å². The molecule has 0 aliphatic carbocycles. The van der Waals surface area contributed by atoms with Crippen molar-refractivity contribution in [1.29, 1.82) is 0 Å². The fourth-order valence-electron chi connectivity index (χ4n) is 2.10. The molecule has 7 heteroatoms. The molecule has 5 nitrogen and oxygen atoms in total. The van der Waals surface area contributed by atoms with E-state index < -0.39 is 18.5 Å². The molecule has 0 saturated carbocycles. The van der Waals surface area contributed by atoms with E-state index >= 15 is 0 Å². The van der Waals surface area contributed by atoms with Crippen LogP contribution >= 0.6 is 23.2 Å². The second kappa shape index (κ2) is 8.04. The number of hydrogen-bond acceptors (Lipinski definition) is 4. The van der Waals surface area contributed by atoms with Crippen molar-refractivity contribution in [3.63, 3.8) is 0 Å². The Morgan fingerprint density at radius 3 is 2.62 bits per heavy atom. The molecule has 2 aromatic rings. The predicted molar refractivity (Wildman–Crippen MR) is 94.2 cm³/mol. The van der Waals surface area contributed by atoms with Gasteiger partial charge in [0.25, 0.3) is 5.91 Å². The molecule has 0 saturated heterocycles. The van der Waals surface area contributed by atoms with Crippen LogP contribution in [0, 0.1) is 0 Å². The molecule has 0 bridgehead atoms. The summed E-state index contributed by atoms with van der Waals surface area (Å²) in [7, 11) is 0. The summed E-state index contributed by atoms with van der Waals surface area (Å²) in [6, 6.07) is 11.3. The van der Waals surface area contributed by atoms with Crippen LogP contribution < -0.4 is 11.1 Å². The first kappa shape index (κ1) is 18.1. The van der Waals surface area contributed by atoms with Crippen LogP contribution in [0.4, 0.5) is 5.69 Å². The van der Waals surface area contributed by atoms with E-state index in [9.17, 15) is 9.59 Å². The molecule has 0 aromatic heterocycles. The molecule has 0 heterocycles. The first-order chi connectivity index (χ1) is 11.4. The van der Waals surface area contributed by atoms with Crippen LogP contribution in [0.3, 0.4) is 0 Å². The Balaban J connectivity index is 1.92. The minimum Gasteiger partial charge on any atom is -0.452 e. The second-order valence-corrected chi connectivity index (χ2v) is 5.96. The summed E-state index contributed by atoms with van der Waals surface area (Å²) in [6.07, 6.45) is 0. The monoisotopic (exact) mass is 366 g/mol. The zero-order valence-electron chi connectivity index (χ0n) is 12.9. The standard InChI is InChI=1S/C17H16Cl2N2O3/c1-10(12-4-2-3-5-14(12)19)21-16(22)9-24-17(23)13-8-11(18)6-7-15(13)20/h2-8,10H,9,20H2,1H3,(H,21,22)/t10-/m0/s1. The van der Waals surface area contributed by atoms with Gasteiger partial charge in [0.1, 0.15) is 0 Å². The SMILES string of the molecule is C[C@H](NC(=O)COC(=O)c1cc(Cl)ccc1N)c1ccccc1Cl. The number of halogens is 2. The zero-order chi connectivity index (χ0) is 17.7. The number of nitrogens with two attached hydrogens (primary N) is 1. The minimum absolute atomic E-state index is 0.120. The maximum atomic E-state index is 12.0. The van der Waals surface area contributed by atoms with Gasteiger partial charge in [0.05, 0.1) is 11.6 Å². The molecular formula is C17H16Cl2N2O3. The molecule has 1 amide bonds. The Bertz CT molecular complexity index is 765. The highest BCUT2D eigenvalue weighted by molar-refractivity contribution is 6.31. The molecule has 0 fully saturated rings. The highest BCUT2D eigenvalue weighted by Crippen LogP contribution is 2.22. The maximum absolute atomic E-state index is 12.0. The number of esters is 1. The normalized spacial score (nSPS) is 11.6. The first-order valence-corrected chi connectivity index (χ1v) is 7.90. The predicted octanol–water partition coefficient (Wildman–Crippen LogP) is 3.61. The van der Waals surface area contributed by atoms with Crippen molar-refractivity contribution < 1.29 is 14.3 Å². The topological polar surface area (TPSA) is 81.4 Å². The van der Waals surface area contributed by atoms with Gasteiger partial charge in [-0.05, 0) is 36.8 Å². The van der Waals surface area contributed by atoms with Gasteiger partial charge < -0.3 is 15.8 Å². The number of nitrogen functional groups attached to an aromatic ring is 1. The average molecular weight is 367 g/mol. The van der Waals surface area contributed by atoms with E-state index in [0.29, 0.717) is 10.0 Å². The lowest BCUT2D eigenvalue weighted by Gasteiger charge is -2.15. The van der Waals surface area contributed by atoms with Crippen LogP contribution in [0.1, 0.15) is 28.9 Å². The van der Waals surface area contributed by atoms with Gasteiger partial charge in [-0.1, -0.05) is 41.4 Å². The molecule has 0 aliphatic rings. The van der Waals surface area contributed by atoms with Crippen molar-refractivity contribution in [2.75, 3.05) is 12.3 Å². The third kappa shape index (κ3) is 4.63. The van der Waals surface area contributed by atoms with Crippen LogP contribution in [0.2, 0.25) is 10.0 Å². The highest BCUT2D eigenvalue weighted by atomic mass is 35.5. The van der Waals surface area contributed by atoms with E-state index in [0.717, 1.165) is 5.56 Å². The van der Waals surface area contributed by atoms with E-state index in [-0.39, 0.29) is 17.3 Å². The maximum Gasteiger partial charge on any atom is 0.340 e. The summed E-state index contributed by atoms with van der Waals surface area (Å²) in [4.78, 5) is 23.9. The number of carbonyl (C=O) groups is 2. The van der Waals surface area contributed by atoms with Gasteiger partial charge >= 0.3 is 5.97 Å². The Morgan fingerprint density at radius 2 is 1.92 bits per heavy atom. The lowest BCUT2D eigenvalue weighted by atomic mass is 10.1. The molecule has 0 aliphatic heterocycles. The first-order valence-electron chi connectivity index (χ1n) is 7.14. The molecular weight excluding hydrogens is 351 g/mol. The quantitative estimate of drug-likeness (QED) is 0.625. The van der Waals surface area contributed by atoms with E-state index in [1.54, 1.807) is 25.1 Å². The minimum atomic E-state index is -0.712. The molecule has 2 aromatic carbocycles. The van der Waals surface area contributed by atoms with Gasteiger partial charge in [0.2, 0.25) is 0 Å². The van der Waals surface area contributed by atoms with Crippen molar-refractivity contribution in [2.24, 2.45) is 0 Å². The third-order valence-electron chi connectivity index (χ3n) is 3.32. The second-order valence-electron chi connectivity index (χ2n) is 5.12. The number of hydrogen-bond donors (Lipinski definition) is 2. The summed E-state index contributed by atoms with van der Waals surface area (Å²) < 4.78 is 4.97. The lowest BCUT2D eigenvalue weighted by Crippen LogP contribution is -2.31. The van der Waals surface area contributed by atoms with E-state index in [4.69, 9.17) is 33.7 Å². The van der Waals surface area contributed by atoms with Crippen LogP contribution in [0.5, 0.6) is 0 Å². The number of amides is 1. The molecule has 2 rings (SSSR count). The number of ether oxygens (including phenoxy) is 1. The molecule has 3 N–H and O–H groups in total. The van der Waals surface area contributed by atoms with Crippen LogP contribution in [-0.2, 0) is 9.53 Å². The molecule has 0 radical (unpaired) electrons. The molecule has 0 spiro atoms. The van der Waals surface area contributed by atoms with Crippen molar-refractivity contribution >= 4 is 40.8 Å². The summed E-state index contributed by atoms with van der Waals surface area (Å²) >= 11 is 11.9. The third-order valence-corrected chi connectivity index (χ3v) is 3.90. The number of nitrogens with one attached hydrogen (secondary N) is 1. The Labute approximate surface area is 149 Å². The highest BCUT2D eigenvalue weighted by Gasteiger charge is 2.16. The summed E-state index contributed by atoms with van der Waals surface area (Å²) in [6.45, 7) is 1.36. The molecule has 126 valence electrons. The fourth-order valence-corrected chi connectivity index (χ4v) is 2.57. The lowest BCUT2D eigenvalue weighted by molar-refractivity contribution is -0.124. The number of rotatable bonds is 5. The van der Waals surface area contributed by atoms with Crippen molar-refractivity contribution in [3.8, 4) is 0 Å². The van der Waals surface area contributed by atoms with Crippen molar-refractivity contribution in [1.82, 2.24) is 5.32 Å². The Hall–Kier alpha value is -2.24. The van der Waals surface area contributed by atoms with Gasteiger partial charge in [-0.2, -0.15) is 0 Å². The fraction of sp³-hybridized carbons (Fsp3) is 0.176. The van der Waals surface area contributed by atoms with Crippen LogP contribution in [0.15, 0.2) is 42.5 Å². The van der Waals surface area contributed by atoms with E-state index in [1.807, 2.05) is 12.1 Å². The Kier molecular flexibility index (Phi) is 6.06. The van der Waals surface area contributed by atoms with Gasteiger partial charge in [-0.25, -0.2) is 4.79 Å². The van der Waals surface area contributed by atoms with Gasteiger partial charge in [0.15, 0.2) is 6.61 Å². The number of carbonyl (C=O) groups excluding carboxylic acids is 2. The summed E-state index contributed by atoms with van der Waals surface area (Å²) in [5, 5.41) is 3.62. The number of anilines is 1. The smallest absolute Gasteiger partial charge is 0.340 e. The molecule has 0 unspecified atom stereocenters. The summed E-state index contributed by atoms with van der Waals surface area (Å²) in [5.41, 5.74) is 6.82. The molecule has 1 atom stereocenters. The Morgan fingerprint density at radius 1 is 1.21 bits per heavy atom. The zero-order valence-corrected chi connectivity index (χ0v) is 14.4. The van der Waals surface area contributed by atoms with Crippen molar-refractivity contribution in [2.45, 2.75) is 13.0 Å². The van der Waals surface area contributed by atoms with Gasteiger partial charge in [0, 0.05) is 15.7 Å². The van der Waals surface area contributed by atoms with E-state index in [2.05, 4.69) is 5.32 Å². The average Bonchev–Trinajstić information content (AvgIpc) is 2.55. The largest absolute Gasteiger partial charge is 0.452 e.